The molecule has 37 heavy (non-hydrogen) atoms. The number of aliphatic hydroxyl groups excluding tert-OH is 1. The molecule has 2 amide bonds. The topological polar surface area (TPSA) is 178 Å². The van der Waals surface area contributed by atoms with E-state index in [0.717, 1.165) is 0 Å². The number of carbonyl (C=O) groups excluding carboxylic acids is 2. The zero-order chi connectivity index (χ0) is 27.3. The second-order valence-electron chi connectivity index (χ2n) is 9.36. The van der Waals surface area contributed by atoms with E-state index in [9.17, 15) is 24.6 Å². The fraction of sp³-hybridized carbons (Fsp3) is 0.222. The molecule has 0 unspecified atom stereocenters. The number of nitrogens with two attached hydrogens (primary N) is 1. The van der Waals surface area contributed by atoms with Gasteiger partial charge in [-0.05, 0) is 55.0 Å². The largest absolute Gasteiger partial charge is 0.478 e. The third-order valence-electron chi connectivity index (χ3n) is 5.66. The average Bonchev–Trinajstić information content (AvgIpc) is 2.87. The van der Waals surface area contributed by atoms with Crippen molar-refractivity contribution in [3.05, 3.63) is 82.7 Å². The van der Waals surface area contributed by atoms with Crippen LogP contribution in [0.1, 0.15) is 56.3 Å². The van der Waals surface area contributed by atoms with Gasteiger partial charge in [0.2, 0.25) is 0 Å². The molecular formula is C27H29N5O5. The molecular weight excluding hydrogens is 474 g/mol. The quantitative estimate of drug-likeness (QED) is 0.192. The highest BCUT2D eigenvalue weighted by molar-refractivity contribution is 6.10. The Morgan fingerprint density at radius 3 is 2.19 bits per heavy atom. The van der Waals surface area contributed by atoms with Crippen molar-refractivity contribution in [2.24, 2.45) is 11.1 Å². The third-order valence-corrected chi connectivity index (χ3v) is 5.66. The van der Waals surface area contributed by atoms with Crippen molar-refractivity contribution in [3.8, 4) is 11.1 Å². The molecule has 0 aliphatic carbocycles. The van der Waals surface area contributed by atoms with Crippen LogP contribution >= 0.6 is 0 Å². The summed E-state index contributed by atoms with van der Waals surface area (Å²) in [5.74, 6) is -2.41. The van der Waals surface area contributed by atoms with Crippen LogP contribution in [0.4, 0.5) is 5.69 Å². The van der Waals surface area contributed by atoms with Gasteiger partial charge in [-0.3, -0.25) is 15.0 Å². The van der Waals surface area contributed by atoms with E-state index in [-0.39, 0.29) is 46.9 Å². The minimum Gasteiger partial charge on any atom is -0.478 e. The third kappa shape index (κ3) is 6.56. The van der Waals surface area contributed by atoms with Gasteiger partial charge in [-0.1, -0.05) is 26.0 Å². The number of carboxylic acid groups (broad SMARTS) is 1. The molecule has 0 saturated heterocycles. The second kappa shape index (κ2) is 11.0. The summed E-state index contributed by atoms with van der Waals surface area (Å²) in [6.07, 6.45) is 0. The van der Waals surface area contributed by atoms with Crippen LogP contribution in [0.3, 0.4) is 0 Å². The van der Waals surface area contributed by atoms with E-state index >= 15 is 0 Å². The van der Waals surface area contributed by atoms with Crippen molar-refractivity contribution in [2.45, 2.75) is 20.8 Å². The number of aromatic carboxylic acids is 1. The molecule has 0 bridgehead atoms. The molecule has 10 nitrogen and oxygen atoms in total. The average molecular weight is 504 g/mol. The number of amides is 2. The molecule has 0 spiro atoms. The summed E-state index contributed by atoms with van der Waals surface area (Å²) in [4.78, 5) is 42.3. The first-order valence-corrected chi connectivity index (χ1v) is 11.4. The van der Waals surface area contributed by atoms with Gasteiger partial charge in [0.25, 0.3) is 11.8 Å². The second-order valence-corrected chi connectivity index (χ2v) is 9.36. The number of hydrogen-bond acceptors (Lipinski definition) is 6. The molecule has 1 heterocycles. The summed E-state index contributed by atoms with van der Waals surface area (Å²) < 4.78 is 0. The van der Waals surface area contributed by atoms with Crippen LogP contribution in [-0.2, 0) is 0 Å². The van der Waals surface area contributed by atoms with E-state index < -0.39 is 23.2 Å². The molecule has 10 heteroatoms. The molecule has 0 radical (unpaired) electrons. The van der Waals surface area contributed by atoms with Crippen molar-refractivity contribution in [3.63, 3.8) is 0 Å². The lowest BCUT2D eigenvalue weighted by Crippen LogP contribution is -2.36. The maximum atomic E-state index is 13.2. The zero-order valence-electron chi connectivity index (χ0n) is 20.8. The summed E-state index contributed by atoms with van der Waals surface area (Å²) in [7, 11) is 0. The van der Waals surface area contributed by atoms with E-state index in [1.165, 1.54) is 18.2 Å². The number of aliphatic hydroxyl groups is 1. The highest BCUT2D eigenvalue weighted by Crippen LogP contribution is 2.29. The fourth-order valence-electron chi connectivity index (χ4n) is 3.45. The van der Waals surface area contributed by atoms with Crippen molar-refractivity contribution in [2.75, 3.05) is 18.5 Å². The van der Waals surface area contributed by atoms with E-state index in [4.69, 9.17) is 11.1 Å². The number of benzene rings is 2. The molecule has 192 valence electrons. The van der Waals surface area contributed by atoms with Gasteiger partial charge >= 0.3 is 5.97 Å². The number of nitrogens with zero attached hydrogens (tertiary/aromatic N) is 1. The van der Waals surface area contributed by atoms with Crippen molar-refractivity contribution in [1.82, 2.24) is 10.3 Å². The number of nitrogen functional groups attached to an aromatic ring is 1. The Bertz CT molecular complexity index is 1370. The summed E-state index contributed by atoms with van der Waals surface area (Å²) in [6.45, 7) is 5.36. The monoisotopic (exact) mass is 503 g/mol. The summed E-state index contributed by atoms with van der Waals surface area (Å²) in [5, 5.41) is 32.2. The van der Waals surface area contributed by atoms with E-state index in [1.807, 2.05) is 0 Å². The molecule has 0 aliphatic rings. The Kier molecular flexibility index (Phi) is 8.04. The number of anilines is 1. The number of aromatic nitrogens is 1. The first-order valence-electron chi connectivity index (χ1n) is 11.4. The molecule has 3 aromatic rings. The van der Waals surface area contributed by atoms with Gasteiger partial charge in [-0.2, -0.15) is 0 Å². The lowest BCUT2D eigenvalue weighted by molar-refractivity contribution is 0.0697. The van der Waals surface area contributed by atoms with Gasteiger partial charge in [0, 0.05) is 46.6 Å². The lowest BCUT2D eigenvalue weighted by atomic mass is 9.94. The maximum absolute atomic E-state index is 13.2. The maximum Gasteiger partial charge on any atom is 0.336 e. The standard InChI is InChI=1S/C27H29N5O5/c1-15-4-10-20(22(31-15)25(35)32-18-8-5-16(6-9-18)23(28)29)19-11-7-17(12-21(19)26(36)37)24(34)30-13-27(2,3)14-33/h4-12,33H,13-14H2,1-3H3,(H3,28,29)(H,30,34)(H,32,35)(H,36,37). The van der Waals surface area contributed by atoms with Crippen LogP contribution in [0.5, 0.6) is 0 Å². The normalized spacial score (nSPS) is 11.0. The predicted octanol–water partition coefficient (Wildman–Crippen LogP) is 3.04. The lowest BCUT2D eigenvalue weighted by Gasteiger charge is -2.22. The Balaban J connectivity index is 1.96. The molecule has 7 N–H and O–H groups in total. The molecule has 2 aromatic carbocycles. The fourth-order valence-corrected chi connectivity index (χ4v) is 3.45. The number of carboxylic acids is 1. The number of pyridine rings is 1. The van der Waals surface area contributed by atoms with E-state index in [1.54, 1.807) is 57.2 Å². The van der Waals surface area contributed by atoms with Crippen LogP contribution in [0.2, 0.25) is 0 Å². The summed E-state index contributed by atoms with van der Waals surface area (Å²) in [6, 6.07) is 13.9. The molecule has 0 fully saturated rings. The number of nitrogens with one attached hydrogen (secondary N) is 3. The number of amidine groups is 1. The number of aryl methyl sites for hydroxylation is 1. The minimum absolute atomic E-state index is 0.0139. The molecule has 3 rings (SSSR count). The van der Waals surface area contributed by atoms with E-state index in [2.05, 4.69) is 15.6 Å². The molecule has 0 saturated carbocycles. The Morgan fingerprint density at radius 1 is 0.973 bits per heavy atom. The van der Waals surface area contributed by atoms with Crippen molar-refractivity contribution < 1.29 is 24.6 Å². The van der Waals surface area contributed by atoms with Crippen molar-refractivity contribution >= 4 is 29.3 Å². The highest BCUT2D eigenvalue weighted by Gasteiger charge is 2.23. The number of carbonyl (C=O) groups is 3. The summed E-state index contributed by atoms with van der Waals surface area (Å²) in [5.41, 5.74) is 6.93. The van der Waals surface area contributed by atoms with Crippen LogP contribution in [0, 0.1) is 17.7 Å². The Morgan fingerprint density at radius 2 is 1.59 bits per heavy atom. The van der Waals surface area contributed by atoms with Crippen LogP contribution in [0.25, 0.3) is 11.1 Å². The van der Waals surface area contributed by atoms with Crippen molar-refractivity contribution in [1.29, 1.82) is 5.41 Å². The smallest absolute Gasteiger partial charge is 0.336 e. The van der Waals surface area contributed by atoms with Gasteiger partial charge in [0.1, 0.15) is 11.5 Å². The van der Waals surface area contributed by atoms with Gasteiger partial charge in [0.05, 0.1) is 5.56 Å². The van der Waals surface area contributed by atoms with Gasteiger partial charge in [-0.15, -0.1) is 0 Å². The van der Waals surface area contributed by atoms with Crippen LogP contribution in [-0.4, -0.2) is 52.0 Å². The molecule has 0 atom stereocenters. The Labute approximate surface area is 214 Å². The van der Waals surface area contributed by atoms with Gasteiger partial charge in [-0.25, -0.2) is 9.78 Å². The SMILES string of the molecule is Cc1ccc(-c2ccc(C(=O)NCC(C)(C)CO)cc2C(=O)O)c(C(=O)Nc2ccc(C(=N)N)cc2)n1. The van der Waals surface area contributed by atoms with Crippen LogP contribution < -0.4 is 16.4 Å². The Hall–Kier alpha value is -4.57. The van der Waals surface area contributed by atoms with E-state index in [0.29, 0.717) is 16.9 Å². The summed E-state index contributed by atoms with van der Waals surface area (Å²) >= 11 is 0. The van der Waals surface area contributed by atoms with Gasteiger partial charge in [0.15, 0.2) is 0 Å². The minimum atomic E-state index is -1.27. The van der Waals surface area contributed by atoms with Crippen LogP contribution in [0.15, 0.2) is 54.6 Å². The molecule has 0 aliphatic heterocycles. The number of rotatable bonds is 9. The highest BCUT2D eigenvalue weighted by atomic mass is 16.4. The zero-order valence-corrected chi connectivity index (χ0v) is 20.8. The number of hydrogen-bond donors (Lipinski definition) is 6. The first kappa shape index (κ1) is 27.0. The van der Waals surface area contributed by atoms with Gasteiger partial charge < -0.3 is 26.6 Å². The first-order chi connectivity index (χ1) is 17.4. The molecule has 1 aromatic heterocycles. The predicted molar refractivity (Wildman–Crippen MR) is 140 cm³/mol.